The van der Waals surface area contributed by atoms with Gasteiger partial charge in [-0.3, -0.25) is 4.79 Å². The molecule has 0 aliphatic heterocycles. The van der Waals surface area contributed by atoms with Crippen LogP contribution in [0.3, 0.4) is 0 Å². The molecule has 1 amide bonds. The molecule has 1 aliphatic rings. The number of amidine groups is 1. The number of hydrogen-bond donors (Lipinski definition) is 3. The molecule has 5 nitrogen and oxygen atoms in total. The van der Waals surface area contributed by atoms with Crippen LogP contribution in [-0.2, 0) is 4.79 Å². The molecule has 0 aromatic rings. The molecule has 0 bridgehead atoms. The summed E-state index contributed by atoms with van der Waals surface area (Å²) in [6.45, 7) is 4.71. The quantitative estimate of drug-likeness (QED) is 0.298. The summed E-state index contributed by atoms with van der Waals surface area (Å²) in [4.78, 5) is 12.1. The molecular weight excluding hydrogens is 238 g/mol. The van der Waals surface area contributed by atoms with Crippen molar-refractivity contribution in [1.82, 2.24) is 5.32 Å². The van der Waals surface area contributed by atoms with Crippen molar-refractivity contribution in [3.05, 3.63) is 0 Å². The van der Waals surface area contributed by atoms with Gasteiger partial charge in [-0.1, -0.05) is 19.0 Å². The van der Waals surface area contributed by atoms with Crippen LogP contribution in [0.4, 0.5) is 0 Å². The molecule has 1 atom stereocenters. The highest BCUT2D eigenvalue weighted by Gasteiger charge is 2.52. The summed E-state index contributed by atoms with van der Waals surface area (Å²) in [5, 5.41) is 15.0. The van der Waals surface area contributed by atoms with Crippen molar-refractivity contribution >= 4 is 23.5 Å². The van der Waals surface area contributed by atoms with Crippen molar-refractivity contribution in [2.24, 2.45) is 22.2 Å². The maximum absolute atomic E-state index is 12.1. The SMILES string of the molecule is CSC(C)CNC(=O)C1(C(N)=NO)CC(C)C1. The third kappa shape index (κ3) is 2.86. The summed E-state index contributed by atoms with van der Waals surface area (Å²) in [7, 11) is 0. The Balaban J connectivity index is 2.64. The molecule has 1 fully saturated rings. The van der Waals surface area contributed by atoms with Crippen LogP contribution in [0.25, 0.3) is 0 Å². The van der Waals surface area contributed by atoms with E-state index in [0.29, 0.717) is 30.6 Å². The number of carbonyl (C=O) groups is 1. The molecule has 1 aliphatic carbocycles. The molecule has 17 heavy (non-hydrogen) atoms. The molecule has 0 saturated heterocycles. The van der Waals surface area contributed by atoms with Gasteiger partial charge in [-0.05, 0) is 25.0 Å². The fourth-order valence-corrected chi connectivity index (χ4v) is 2.48. The molecule has 0 heterocycles. The lowest BCUT2D eigenvalue weighted by molar-refractivity contribution is -0.133. The molecule has 1 unspecified atom stereocenters. The molecule has 0 aromatic heterocycles. The molecule has 98 valence electrons. The van der Waals surface area contributed by atoms with Gasteiger partial charge in [0.1, 0.15) is 5.41 Å². The van der Waals surface area contributed by atoms with E-state index in [0.717, 1.165) is 0 Å². The summed E-state index contributed by atoms with van der Waals surface area (Å²) in [5.41, 5.74) is 4.86. The average Bonchev–Trinajstić information content (AvgIpc) is 2.29. The Morgan fingerprint density at radius 2 is 2.29 bits per heavy atom. The summed E-state index contributed by atoms with van der Waals surface area (Å²) in [5.74, 6) is 0.357. The zero-order chi connectivity index (χ0) is 13.1. The Hall–Kier alpha value is -0.910. The standard InChI is InChI=1S/C11H21N3O2S/c1-7-4-11(5-7,9(12)14-16)10(15)13-6-8(2)17-3/h7-8,16H,4-6H2,1-3H3,(H2,12,14)(H,13,15). The van der Waals surface area contributed by atoms with Crippen molar-refractivity contribution in [2.75, 3.05) is 12.8 Å². The fourth-order valence-electron chi connectivity index (χ4n) is 2.23. The highest BCUT2D eigenvalue weighted by molar-refractivity contribution is 7.99. The van der Waals surface area contributed by atoms with Crippen LogP contribution < -0.4 is 11.1 Å². The predicted molar refractivity (Wildman–Crippen MR) is 70.2 cm³/mol. The lowest BCUT2D eigenvalue weighted by atomic mass is 9.61. The number of nitrogens with two attached hydrogens (primary N) is 1. The average molecular weight is 259 g/mol. The van der Waals surface area contributed by atoms with Gasteiger partial charge in [-0.15, -0.1) is 0 Å². The first-order valence-corrected chi connectivity index (χ1v) is 7.04. The Kier molecular flexibility index (Phi) is 4.68. The number of oxime groups is 1. The molecular formula is C11H21N3O2S. The zero-order valence-corrected chi connectivity index (χ0v) is 11.4. The zero-order valence-electron chi connectivity index (χ0n) is 10.6. The third-order valence-corrected chi connectivity index (χ3v) is 4.35. The number of rotatable bonds is 5. The summed E-state index contributed by atoms with van der Waals surface area (Å²) in [6.07, 6.45) is 3.31. The van der Waals surface area contributed by atoms with E-state index in [1.807, 2.05) is 13.2 Å². The maximum Gasteiger partial charge on any atom is 0.234 e. The molecule has 6 heteroatoms. The first-order valence-electron chi connectivity index (χ1n) is 5.75. The van der Waals surface area contributed by atoms with Crippen LogP contribution in [0.2, 0.25) is 0 Å². The van der Waals surface area contributed by atoms with Crippen LogP contribution in [0.5, 0.6) is 0 Å². The molecule has 1 rings (SSSR count). The third-order valence-electron chi connectivity index (χ3n) is 3.38. The van der Waals surface area contributed by atoms with Gasteiger partial charge >= 0.3 is 0 Å². The maximum atomic E-state index is 12.1. The van der Waals surface area contributed by atoms with Crippen LogP contribution in [0.15, 0.2) is 5.16 Å². The van der Waals surface area contributed by atoms with E-state index in [1.165, 1.54) is 0 Å². The summed E-state index contributed by atoms with van der Waals surface area (Å²) >= 11 is 1.69. The van der Waals surface area contributed by atoms with E-state index in [4.69, 9.17) is 10.9 Å². The normalized spacial score (nSPS) is 30.5. The van der Waals surface area contributed by atoms with Crippen LogP contribution in [0.1, 0.15) is 26.7 Å². The van der Waals surface area contributed by atoms with E-state index >= 15 is 0 Å². The number of thioether (sulfide) groups is 1. The Labute approximate surface area is 106 Å². The number of carbonyl (C=O) groups excluding carboxylic acids is 1. The topological polar surface area (TPSA) is 87.7 Å². The largest absolute Gasteiger partial charge is 0.409 e. The van der Waals surface area contributed by atoms with Crippen molar-refractivity contribution in [3.63, 3.8) is 0 Å². The van der Waals surface area contributed by atoms with E-state index in [1.54, 1.807) is 11.8 Å². The van der Waals surface area contributed by atoms with Gasteiger partial charge in [0.15, 0.2) is 5.84 Å². The summed E-state index contributed by atoms with van der Waals surface area (Å²) in [6, 6.07) is 0. The van der Waals surface area contributed by atoms with Crippen LogP contribution >= 0.6 is 11.8 Å². The molecule has 1 saturated carbocycles. The van der Waals surface area contributed by atoms with Crippen molar-refractivity contribution in [1.29, 1.82) is 0 Å². The van der Waals surface area contributed by atoms with Crippen molar-refractivity contribution < 1.29 is 10.0 Å². The van der Waals surface area contributed by atoms with Gasteiger partial charge in [-0.2, -0.15) is 11.8 Å². The van der Waals surface area contributed by atoms with Crippen LogP contribution in [-0.4, -0.2) is 35.0 Å². The first-order chi connectivity index (χ1) is 7.96. The predicted octanol–water partition coefficient (Wildman–Crippen LogP) is 1.02. The van der Waals surface area contributed by atoms with Gasteiger partial charge < -0.3 is 16.3 Å². The second kappa shape index (κ2) is 5.62. The number of amides is 1. The number of nitrogens with one attached hydrogen (secondary N) is 1. The van der Waals surface area contributed by atoms with E-state index in [2.05, 4.69) is 17.4 Å². The highest BCUT2D eigenvalue weighted by atomic mass is 32.2. The minimum absolute atomic E-state index is 0.0323. The monoisotopic (exact) mass is 259 g/mol. The number of nitrogens with zero attached hydrogens (tertiary/aromatic N) is 1. The van der Waals surface area contributed by atoms with Gasteiger partial charge in [0.2, 0.25) is 5.91 Å². The van der Waals surface area contributed by atoms with Gasteiger partial charge in [0.25, 0.3) is 0 Å². The number of hydrogen-bond acceptors (Lipinski definition) is 4. The Bertz CT molecular complexity index is 314. The molecule has 4 N–H and O–H groups in total. The van der Waals surface area contributed by atoms with Crippen LogP contribution in [0, 0.1) is 11.3 Å². The van der Waals surface area contributed by atoms with Crippen molar-refractivity contribution in [3.8, 4) is 0 Å². The first kappa shape index (κ1) is 14.2. The van der Waals surface area contributed by atoms with Gasteiger partial charge in [0.05, 0.1) is 0 Å². The molecule has 0 radical (unpaired) electrons. The fraction of sp³-hybridized carbons (Fsp3) is 0.818. The minimum atomic E-state index is -0.785. The minimum Gasteiger partial charge on any atom is -0.409 e. The Morgan fingerprint density at radius 3 is 2.71 bits per heavy atom. The second-order valence-electron chi connectivity index (χ2n) is 4.84. The van der Waals surface area contributed by atoms with E-state index in [-0.39, 0.29) is 11.7 Å². The summed E-state index contributed by atoms with van der Waals surface area (Å²) < 4.78 is 0. The highest BCUT2D eigenvalue weighted by Crippen LogP contribution is 2.45. The lowest BCUT2D eigenvalue weighted by Crippen LogP contribution is -2.57. The van der Waals surface area contributed by atoms with E-state index in [9.17, 15) is 4.79 Å². The molecule has 0 spiro atoms. The Morgan fingerprint density at radius 1 is 1.71 bits per heavy atom. The lowest BCUT2D eigenvalue weighted by Gasteiger charge is -2.43. The molecule has 0 aromatic carbocycles. The smallest absolute Gasteiger partial charge is 0.234 e. The van der Waals surface area contributed by atoms with Gasteiger partial charge in [-0.25, -0.2) is 0 Å². The van der Waals surface area contributed by atoms with Crippen molar-refractivity contribution in [2.45, 2.75) is 31.9 Å². The second-order valence-corrected chi connectivity index (χ2v) is 6.11. The van der Waals surface area contributed by atoms with E-state index < -0.39 is 5.41 Å². The van der Waals surface area contributed by atoms with Gasteiger partial charge in [0, 0.05) is 11.8 Å².